The van der Waals surface area contributed by atoms with Gasteiger partial charge in [0.2, 0.25) is 0 Å². The van der Waals surface area contributed by atoms with E-state index in [1.165, 1.54) is 30.6 Å². The van der Waals surface area contributed by atoms with E-state index in [-0.39, 0.29) is 12.2 Å². The van der Waals surface area contributed by atoms with Gasteiger partial charge in [-0.3, -0.25) is 0 Å². The minimum absolute atomic E-state index is 0.0614. The SMILES string of the molecule is COc1ccc(C(=O)OCc2csc(-c3ccc(OC)c(OC)c3)n2)c(F)c1. The van der Waals surface area contributed by atoms with Crippen LogP contribution in [-0.4, -0.2) is 32.3 Å². The number of halogens is 1. The Hall–Kier alpha value is -3.13. The standard InChI is InChI=1S/C20H18FNO5S/c1-24-14-5-6-15(16(21)9-14)20(23)27-10-13-11-28-19(22-13)12-4-7-17(25-2)18(8-12)26-3/h4-9,11H,10H2,1-3H3. The lowest BCUT2D eigenvalue weighted by atomic mass is 10.2. The van der Waals surface area contributed by atoms with Crippen molar-refractivity contribution in [3.05, 3.63) is 58.9 Å². The zero-order chi connectivity index (χ0) is 20.1. The molecule has 0 bridgehead atoms. The van der Waals surface area contributed by atoms with Gasteiger partial charge in [0, 0.05) is 17.0 Å². The Kier molecular flexibility index (Phi) is 6.10. The Balaban J connectivity index is 1.69. The second kappa shape index (κ2) is 8.71. The molecule has 8 heteroatoms. The van der Waals surface area contributed by atoms with Gasteiger partial charge in [0.1, 0.15) is 23.2 Å². The van der Waals surface area contributed by atoms with Crippen LogP contribution < -0.4 is 14.2 Å². The van der Waals surface area contributed by atoms with Gasteiger partial charge in [-0.25, -0.2) is 14.2 Å². The molecule has 0 atom stereocenters. The minimum Gasteiger partial charge on any atom is -0.497 e. The number of aromatic nitrogens is 1. The Morgan fingerprint density at radius 1 is 1.04 bits per heavy atom. The summed E-state index contributed by atoms with van der Waals surface area (Å²) in [6.07, 6.45) is 0. The molecular formula is C20H18FNO5S. The molecule has 0 aliphatic rings. The second-order valence-electron chi connectivity index (χ2n) is 5.64. The van der Waals surface area contributed by atoms with Crippen LogP contribution in [0.4, 0.5) is 4.39 Å². The molecule has 0 N–H and O–H groups in total. The number of carbonyl (C=O) groups excluding carboxylic acids is 1. The van der Waals surface area contributed by atoms with Gasteiger partial charge in [-0.1, -0.05) is 0 Å². The third-order valence-electron chi connectivity index (χ3n) is 3.93. The molecule has 0 aliphatic heterocycles. The minimum atomic E-state index is -0.763. The molecule has 1 heterocycles. The van der Waals surface area contributed by atoms with E-state index in [4.69, 9.17) is 18.9 Å². The van der Waals surface area contributed by atoms with Crippen molar-refractivity contribution >= 4 is 17.3 Å². The van der Waals surface area contributed by atoms with Crippen molar-refractivity contribution in [1.82, 2.24) is 4.98 Å². The number of carbonyl (C=O) groups is 1. The van der Waals surface area contributed by atoms with E-state index < -0.39 is 11.8 Å². The number of esters is 1. The summed E-state index contributed by atoms with van der Waals surface area (Å²) in [6.45, 7) is -0.0614. The molecule has 2 aromatic carbocycles. The fraction of sp³-hybridized carbons (Fsp3) is 0.200. The second-order valence-corrected chi connectivity index (χ2v) is 6.49. The molecule has 0 unspecified atom stereocenters. The summed E-state index contributed by atoms with van der Waals surface area (Å²) in [5.74, 6) is 0.0826. The summed E-state index contributed by atoms with van der Waals surface area (Å²) >= 11 is 1.40. The van der Waals surface area contributed by atoms with E-state index in [9.17, 15) is 9.18 Å². The molecule has 0 saturated carbocycles. The number of hydrogen-bond donors (Lipinski definition) is 0. The van der Waals surface area contributed by atoms with Crippen molar-refractivity contribution in [1.29, 1.82) is 0 Å². The van der Waals surface area contributed by atoms with Crippen LogP contribution in [-0.2, 0) is 11.3 Å². The van der Waals surface area contributed by atoms with Gasteiger partial charge in [0.25, 0.3) is 0 Å². The van der Waals surface area contributed by atoms with Gasteiger partial charge in [-0.2, -0.15) is 0 Å². The first-order valence-electron chi connectivity index (χ1n) is 8.23. The molecule has 3 aromatic rings. The van der Waals surface area contributed by atoms with Crippen LogP contribution in [0, 0.1) is 5.82 Å². The summed E-state index contributed by atoms with van der Waals surface area (Å²) in [7, 11) is 4.55. The van der Waals surface area contributed by atoms with E-state index in [1.807, 2.05) is 12.1 Å². The van der Waals surface area contributed by atoms with Crippen molar-refractivity contribution in [2.75, 3.05) is 21.3 Å². The van der Waals surface area contributed by atoms with Gasteiger partial charge >= 0.3 is 5.97 Å². The van der Waals surface area contributed by atoms with E-state index >= 15 is 0 Å². The van der Waals surface area contributed by atoms with E-state index in [0.717, 1.165) is 16.6 Å². The molecule has 3 rings (SSSR count). The maximum atomic E-state index is 14.0. The summed E-state index contributed by atoms with van der Waals surface area (Å²) < 4.78 is 34.6. The molecule has 146 valence electrons. The average molecular weight is 403 g/mol. The monoisotopic (exact) mass is 403 g/mol. The summed E-state index contributed by atoms with van der Waals surface area (Å²) in [5, 5.41) is 2.52. The van der Waals surface area contributed by atoms with Gasteiger partial charge < -0.3 is 18.9 Å². The molecule has 6 nitrogen and oxygen atoms in total. The van der Waals surface area contributed by atoms with Crippen LogP contribution >= 0.6 is 11.3 Å². The number of thiazole rings is 1. The molecule has 0 radical (unpaired) electrons. The van der Waals surface area contributed by atoms with Crippen LogP contribution in [0.1, 0.15) is 16.1 Å². The number of ether oxygens (including phenoxy) is 4. The van der Waals surface area contributed by atoms with E-state index in [0.29, 0.717) is 22.9 Å². The Labute approximate surface area is 165 Å². The van der Waals surface area contributed by atoms with Crippen LogP contribution in [0.3, 0.4) is 0 Å². The highest BCUT2D eigenvalue weighted by atomic mass is 32.1. The maximum Gasteiger partial charge on any atom is 0.341 e. The number of hydrogen-bond acceptors (Lipinski definition) is 7. The van der Waals surface area contributed by atoms with Crippen LogP contribution in [0.15, 0.2) is 41.8 Å². The Morgan fingerprint density at radius 3 is 2.50 bits per heavy atom. The zero-order valence-electron chi connectivity index (χ0n) is 15.5. The lowest BCUT2D eigenvalue weighted by molar-refractivity contribution is 0.0463. The van der Waals surface area contributed by atoms with Crippen molar-refractivity contribution in [3.63, 3.8) is 0 Å². The van der Waals surface area contributed by atoms with Gasteiger partial charge in [-0.05, 0) is 30.3 Å². The summed E-state index contributed by atoms with van der Waals surface area (Å²) in [6, 6.07) is 9.43. The number of rotatable bonds is 7. The topological polar surface area (TPSA) is 66.9 Å². The van der Waals surface area contributed by atoms with Crippen molar-refractivity contribution < 1.29 is 28.1 Å². The predicted molar refractivity (Wildman–Crippen MR) is 103 cm³/mol. The molecular weight excluding hydrogens is 385 g/mol. The van der Waals surface area contributed by atoms with Crippen molar-refractivity contribution in [3.8, 4) is 27.8 Å². The van der Waals surface area contributed by atoms with Crippen molar-refractivity contribution in [2.45, 2.75) is 6.61 Å². The third kappa shape index (κ3) is 4.23. The van der Waals surface area contributed by atoms with E-state index in [2.05, 4.69) is 4.98 Å². The third-order valence-corrected chi connectivity index (χ3v) is 4.87. The van der Waals surface area contributed by atoms with Gasteiger partial charge in [0.15, 0.2) is 11.5 Å². The quantitative estimate of drug-likeness (QED) is 0.547. The van der Waals surface area contributed by atoms with Crippen LogP contribution in [0.25, 0.3) is 10.6 Å². The zero-order valence-corrected chi connectivity index (χ0v) is 16.3. The first-order chi connectivity index (χ1) is 13.5. The molecule has 28 heavy (non-hydrogen) atoms. The lowest BCUT2D eigenvalue weighted by Gasteiger charge is -2.08. The highest BCUT2D eigenvalue weighted by molar-refractivity contribution is 7.13. The number of nitrogens with zero attached hydrogens (tertiary/aromatic N) is 1. The smallest absolute Gasteiger partial charge is 0.341 e. The fourth-order valence-electron chi connectivity index (χ4n) is 2.48. The molecule has 1 aromatic heterocycles. The molecule has 0 amide bonds. The molecule has 0 fully saturated rings. The Morgan fingerprint density at radius 2 is 1.82 bits per heavy atom. The first kappa shape index (κ1) is 19.6. The number of benzene rings is 2. The normalized spacial score (nSPS) is 10.4. The molecule has 0 saturated heterocycles. The van der Waals surface area contributed by atoms with Crippen LogP contribution in [0.5, 0.6) is 17.2 Å². The average Bonchev–Trinajstić information content (AvgIpc) is 3.20. The highest BCUT2D eigenvalue weighted by Gasteiger charge is 2.15. The van der Waals surface area contributed by atoms with Crippen molar-refractivity contribution in [2.24, 2.45) is 0 Å². The molecule has 0 spiro atoms. The largest absolute Gasteiger partial charge is 0.497 e. The summed E-state index contributed by atoms with van der Waals surface area (Å²) in [5.41, 5.74) is 1.26. The fourth-order valence-corrected chi connectivity index (χ4v) is 3.28. The molecule has 0 aliphatic carbocycles. The van der Waals surface area contributed by atoms with Crippen LogP contribution in [0.2, 0.25) is 0 Å². The van der Waals surface area contributed by atoms with Gasteiger partial charge in [-0.15, -0.1) is 11.3 Å². The summed E-state index contributed by atoms with van der Waals surface area (Å²) in [4.78, 5) is 16.6. The Bertz CT molecular complexity index is 988. The van der Waals surface area contributed by atoms with E-state index in [1.54, 1.807) is 25.7 Å². The maximum absolute atomic E-state index is 14.0. The number of methoxy groups -OCH3 is 3. The predicted octanol–water partition coefficient (Wildman–Crippen LogP) is 4.33. The lowest BCUT2D eigenvalue weighted by Crippen LogP contribution is -2.08. The highest BCUT2D eigenvalue weighted by Crippen LogP contribution is 2.33. The first-order valence-corrected chi connectivity index (χ1v) is 9.11. The van der Waals surface area contributed by atoms with Gasteiger partial charge in [0.05, 0.1) is 32.6 Å².